The van der Waals surface area contributed by atoms with Crippen molar-refractivity contribution < 1.29 is 8.42 Å². The van der Waals surface area contributed by atoms with Gasteiger partial charge in [0.15, 0.2) is 0 Å². The number of rotatable bonds is 6. The maximum atomic E-state index is 12.7. The van der Waals surface area contributed by atoms with E-state index in [0.717, 1.165) is 38.2 Å². The minimum atomic E-state index is -3.58. The number of aromatic nitrogens is 2. The molecule has 3 aromatic rings. The van der Waals surface area contributed by atoms with Gasteiger partial charge in [0.25, 0.3) is 0 Å². The van der Waals surface area contributed by atoms with Gasteiger partial charge < -0.3 is 0 Å². The lowest BCUT2D eigenvalue weighted by atomic mass is 10.1. The monoisotopic (exact) mass is 432 g/mol. The molecule has 2 heterocycles. The summed E-state index contributed by atoms with van der Waals surface area (Å²) in [4.78, 5) is 2.57. The lowest BCUT2D eigenvalue weighted by molar-refractivity contribution is 0.200. The Bertz CT molecular complexity index is 1000. The first kappa shape index (κ1) is 21.5. The molecular formula is C21H25ClN4O2S. The second-order valence-corrected chi connectivity index (χ2v) is 8.83. The van der Waals surface area contributed by atoms with Crippen LogP contribution in [0.2, 0.25) is 0 Å². The quantitative estimate of drug-likeness (QED) is 0.649. The molecule has 1 aliphatic rings. The molecule has 0 radical (unpaired) electrons. The van der Waals surface area contributed by atoms with Crippen molar-refractivity contribution in [1.82, 2.24) is 19.4 Å². The number of likely N-dealkylation sites (tertiary alicyclic amines) is 1. The highest BCUT2D eigenvalue weighted by atomic mass is 35.5. The summed E-state index contributed by atoms with van der Waals surface area (Å²) in [5.74, 6) is 0. The number of nitrogens with one attached hydrogen (secondary N) is 1. The fourth-order valence-electron chi connectivity index (χ4n) is 3.50. The van der Waals surface area contributed by atoms with Crippen LogP contribution in [0.5, 0.6) is 0 Å². The molecule has 6 nitrogen and oxygen atoms in total. The summed E-state index contributed by atoms with van der Waals surface area (Å²) < 4.78 is 29.9. The summed E-state index contributed by atoms with van der Waals surface area (Å²) in [7, 11) is -3.58. The third kappa shape index (κ3) is 5.45. The van der Waals surface area contributed by atoms with Crippen molar-refractivity contribution in [1.29, 1.82) is 0 Å². The second-order valence-electron chi connectivity index (χ2n) is 7.11. The molecule has 1 saturated heterocycles. The van der Waals surface area contributed by atoms with Crippen LogP contribution >= 0.6 is 12.4 Å². The molecule has 0 bridgehead atoms. The molecule has 0 aliphatic carbocycles. The van der Waals surface area contributed by atoms with Gasteiger partial charge in [0.05, 0.1) is 18.1 Å². The van der Waals surface area contributed by atoms with Crippen molar-refractivity contribution in [3.05, 3.63) is 78.6 Å². The van der Waals surface area contributed by atoms with E-state index in [4.69, 9.17) is 0 Å². The van der Waals surface area contributed by atoms with Gasteiger partial charge in [-0.25, -0.2) is 17.8 Å². The maximum absolute atomic E-state index is 12.7. The lowest BCUT2D eigenvalue weighted by Gasteiger charge is -2.32. The molecule has 0 atom stereocenters. The molecule has 0 unspecified atom stereocenters. The standard InChI is InChI=1S/C21H24N4O2S.ClH/c26-28(27,21-15-22-25(17-21)20-9-5-2-6-10-20)23-19-11-13-24(14-12-19)16-18-7-3-1-4-8-18;/h1-10,15,17,19,23H,11-14,16H2;1H. The van der Waals surface area contributed by atoms with E-state index in [9.17, 15) is 8.42 Å². The van der Waals surface area contributed by atoms with Gasteiger partial charge in [0.2, 0.25) is 10.0 Å². The highest BCUT2D eigenvalue weighted by Crippen LogP contribution is 2.17. The minimum absolute atomic E-state index is 0. The van der Waals surface area contributed by atoms with Gasteiger partial charge in [0, 0.05) is 25.7 Å². The highest BCUT2D eigenvalue weighted by Gasteiger charge is 2.25. The zero-order valence-corrected chi connectivity index (χ0v) is 17.6. The van der Waals surface area contributed by atoms with E-state index in [1.807, 2.05) is 48.5 Å². The number of hydrogen-bond donors (Lipinski definition) is 1. The van der Waals surface area contributed by atoms with Gasteiger partial charge in [-0.1, -0.05) is 48.5 Å². The van der Waals surface area contributed by atoms with E-state index in [1.54, 1.807) is 10.9 Å². The fraction of sp³-hybridized carbons (Fsp3) is 0.286. The number of nitrogens with zero attached hydrogens (tertiary/aromatic N) is 3. The van der Waals surface area contributed by atoms with Crippen LogP contribution in [-0.4, -0.2) is 42.2 Å². The van der Waals surface area contributed by atoms with Crippen LogP contribution in [0.4, 0.5) is 0 Å². The SMILES string of the molecule is Cl.O=S(=O)(NC1CCN(Cc2ccccc2)CC1)c1cnn(-c2ccccc2)c1. The van der Waals surface area contributed by atoms with Crippen LogP contribution in [0.1, 0.15) is 18.4 Å². The summed E-state index contributed by atoms with van der Waals surface area (Å²) >= 11 is 0. The highest BCUT2D eigenvalue weighted by molar-refractivity contribution is 7.89. The van der Waals surface area contributed by atoms with Crippen molar-refractivity contribution in [3.63, 3.8) is 0 Å². The number of hydrogen-bond acceptors (Lipinski definition) is 4. The Morgan fingerprint density at radius 1 is 0.966 bits per heavy atom. The van der Waals surface area contributed by atoms with Gasteiger partial charge in [-0.05, 0) is 30.5 Å². The summed E-state index contributed by atoms with van der Waals surface area (Å²) in [6.07, 6.45) is 4.57. The van der Waals surface area contributed by atoms with Crippen LogP contribution in [0.25, 0.3) is 5.69 Å². The lowest BCUT2D eigenvalue weighted by Crippen LogP contribution is -2.44. The zero-order valence-electron chi connectivity index (χ0n) is 16.0. The molecule has 1 N–H and O–H groups in total. The van der Waals surface area contributed by atoms with Crippen LogP contribution in [0.15, 0.2) is 78.0 Å². The van der Waals surface area contributed by atoms with Crippen LogP contribution < -0.4 is 4.72 Å². The van der Waals surface area contributed by atoms with E-state index in [0.29, 0.717) is 0 Å². The van der Waals surface area contributed by atoms with E-state index in [1.165, 1.54) is 11.8 Å². The van der Waals surface area contributed by atoms with Gasteiger partial charge in [-0.3, -0.25) is 4.90 Å². The average Bonchev–Trinajstić information content (AvgIpc) is 3.22. The molecule has 2 aromatic carbocycles. The molecule has 8 heteroatoms. The summed E-state index contributed by atoms with van der Waals surface area (Å²) in [5, 5.41) is 4.19. The molecule has 0 amide bonds. The van der Waals surface area contributed by atoms with Gasteiger partial charge in [0.1, 0.15) is 4.90 Å². The normalized spacial score (nSPS) is 15.7. The third-order valence-electron chi connectivity index (χ3n) is 5.05. The molecule has 0 spiro atoms. The van der Waals surface area contributed by atoms with E-state index in [2.05, 4.69) is 26.9 Å². The zero-order chi connectivity index (χ0) is 19.4. The first-order chi connectivity index (χ1) is 13.6. The minimum Gasteiger partial charge on any atom is -0.299 e. The Morgan fingerprint density at radius 3 is 2.24 bits per heavy atom. The predicted molar refractivity (Wildman–Crippen MR) is 116 cm³/mol. The van der Waals surface area contributed by atoms with Crippen molar-refractivity contribution in [2.24, 2.45) is 0 Å². The van der Waals surface area contributed by atoms with E-state index >= 15 is 0 Å². The first-order valence-corrected chi connectivity index (χ1v) is 11.0. The summed E-state index contributed by atoms with van der Waals surface area (Å²) in [5.41, 5.74) is 2.12. The Morgan fingerprint density at radius 2 is 1.59 bits per heavy atom. The van der Waals surface area contributed by atoms with Crippen molar-refractivity contribution >= 4 is 22.4 Å². The fourth-order valence-corrected chi connectivity index (χ4v) is 4.74. The molecule has 1 aliphatic heterocycles. The third-order valence-corrected chi connectivity index (χ3v) is 6.52. The Labute approximate surface area is 178 Å². The first-order valence-electron chi connectivity index (χ1n) is 9.49. The summed E-state index contributed by atoms with van der Waals surface area (Å²) in [6, 6.07) is 19.8. The molecule has 29 heavy (non-hydrogen) atoms. The topological polar surface area (TPSA) is 67.2 Å². The summed E-state index contributed by atoms with van der Waals surface area (Å²) in [6.45, 7) is 2.67. The predicted octanol–water partition coefficient (Wildman–Crippen LogP) is 3.24. The van der Waals surface area contributed by atoms with Crippen molar-refractivity contribution in [3.8, 4) is 5.69 Å². The Balaban J connectivity index is 0.00000240. The van der Waals surface area contributed by atoms with Crippen LogP contribution in [-0.2, 0) is 16.6 Å². The van der Waals surface area contributed by atoms with Gasteiger partial charge in [-0.2, -0.15) is 5.10 Å². The smallest absolute Gasteiger partial charge is 0.243 e. The van der Waals surface area contributed by atoms with Gasteiger partial charge >= 0.3 is 0 Å². The number of halogens is 1. The van der Waals surface area contributed by atoms with E-state index < -0.39 is 10.0 Å². The van der Waals surface area contributed by atoms with E-state index in [-0.39, 0.29) is 23.3 Å². The van der Waals surface area contributed by atoms with Crippen molar-refractivity contribution in [2.75, 3.05) is 13.1 Å². The van der Waals surface area contributed by atoms with Crippen LogP contribution in [0.3, 0.4) is 0 Å². The number of benzene rings is 2. The average molecular weight is 433 g/mol. The molecule has 4 rings (SSSR count). The largest absolute Gasteiger partial charge is 0.299 e. The Hall–Kier alpha value is -2.19. The number of para-hydroxylation sites is 1. The van der Waals surface area contributed by atoms with Crippen LogP contribution in [0, 0.1) is 0 Å². The number of piperidine rings is 1. The molecule has 1 fully saturated rings. The molecule has 1 aromatic heterocycles. The Kier molecular flexibility index (Phi) is 7.08. The molecule has 154 valence electrons. The second kappa shape index (κ2) is 9.54. The van der Waals surface area contributed by atoms with Gasteiger partial charge in [-0.15, -0.1) is 12.4 Å². The molecular weight excluding hydrogens is 408 g/mol. The molecule has 0 saturated carbocycles. The number of sulfonamides is 1. The van der Waals surface area contributed by atoms with Crippen molar-refractivity contribution in [2.45, 2.75) is 30.3 Å². The maximum Gasteiger partial charge on any atom is 0.243 e.